The highest BCUT2D eigenvalue weighted by molar-refractivity contribution is 5.92. The lowest BCUT2D eigenvalue weighted by Crippen LogP contribution is -2.53. The number of ether oxygens (including phenoxy) is 2. The highest BCUT2D eigenvalue weighted by atomic mass is 16.5. The third kappa shape index (κ3) is 11.8. The minimum atomic E-state index is -0.790. The van der Waals surface area contributed by atoms with Crippen molar-refractivity contribution in [1.29, 1.82) is 0 Å². The number of hydrogen-bond acceptors (Lipinski definition) is 5. The Bertz CT molecular complexity index is 691. The quantitative estimate of drug-likeness (QED) is 0.391. The summed E-state index contributed by atoms with van der Waals surface area (Å²) >= 11 is 0. The summed E-state index contributed by atoms with van der Waals surface area (Å²) in [6, 6.07) is 7.89. The van der Waals surface area contributed by atoms with Crippen molar-refractivity contribution in [3.63, 3.8) is 0 Å². The van der Waals surface area contributed by atoms with Gasteiger partial charge in [0.1, 0.15) is 19.3 Å². The van der Waals surface area contributed by atoms with Crippen LogP contribution in [0.15, 0.2) is 30.3 Å². The molecule has 0 aliphatic carbocycles. The van der Waals surface area contributed by atoms with E-state index in [1.54, 1.807) is 0 Å². The molecule has 0 spiro atoms. The molecule has 7 heteroatoms. The third-order valence-electron chi connectivity index (χ3n) is 4.83. The molecule has 2 atom stereocenters. The molecule has 2 N–H and O–H groups in total. The summed E-state index contributed by atoms with van der Waals surface area (Å²) in [5.41, 5.74) is 0.859. The van der Waals surface area contributed by atoms with Crippen LogP contribution >= 0.6 is 0 Å². The van der Waals surface area contributed by atoms with Crippen molar-refractivity contribution in [2.45, 2.75) is 79.0 Å². The second-order valence-electron chi connectivity index (χ2n) is 8.95. The summed E-state index contributed by atoms with van der Waals surface area (Å²) in [5.74, 6) is -0.162. The average molecular weight is 449 g/mol. The molecule has 0 saturated carbocycles. The van der Waals surface area contributed by atoms with Gasteiger partial charge in [0.05, 0.1) is 6.04 Å². The maximum Gasteiger partial charge on any atom is 0.408 e. The maximum atomic E-state index is 13.0. The van der Waals surface area contributed by atoms with E-state index in [0.717, 1.165) is 18.4 Å². The van der Waals surface area contributed by atoms with Crippen molar-refractivity contribution in [2.75, 3.05) is 13.2 Å². The van der Waals surface area contributed by atoms with E-state index in [4.69, 9.17) is 9.47 Å². The lowest BCUT2D eigenvalue weighted by atomic mass is 9.98. The summed E-state index contributed by atoms with van der Waals surface area (Å²) in [7, 11) is 0. The SMILES string of the molecule is CCCCOCC(=O)[C@H](CC(C)C)NC(=O)[C@H](CC(C)C)NC(=O)OCc1ccccc1. The molecule has 0 saturated heterocycles. The number of carbonyl (C=O) groups excluding carboxylic acids is 3. The van der Waals surface area contributed by atoms with Crippen LogP contribution in [0.2, 0.25) is 0 Å². The van der Waals surface area contributed by atoms with E-state index in [1.807, 2.05) is 58.0 Å². The van der Waals surface area contributed by atoms with Gasteiger partial charge in [-0.2, -0.15) is 0 Å². The minimum Gasteiger partial charge on any atom is -0.445 e. The summed E-state index contributed by atoms with van der Waals surface area (Å²) in [4.78, 5) is 38.0. The Hall–Kier alpha value is -2.41. The fourth-order valence-corrected chi connectivity index (χ4v) is 3.14. The molecule has 7 nitrogen and oxygen atoms in total. The minimum absolute atomic E-state index is 0.0287. The number of unbranched alkanes of at least 4 members (excludes halogenated alkanes) is 1. The number of amides is 2. The molecule has 32 heavy (non-hydrogen) atoms. The van der Waals surface area contributed by atoms with Crippen LogP contribution in [-0.2, 0) is 25.7 Å². The van der Waals surface area contributed by atoms with Crippen LogP contribution in [0, 0.1) is 11.8 Å². The van der Waals surface area contributed by atoms with Crippen molar-refractivity contribution < 1.29 is 23.9 Å². The Kier molecular flexibility index (Phi) is 13.3. The molecule has 2 amide bonds. The average Bonchev–Trinajstić information content (AvgIpc) is 2.74. The molecular formula is C25H40N2O5. The van der Waals surface area contributed by atoms with E-state index in [-0.39, 0.29) is 36.7 Å². The molecule has 180 valence electrons. The van der Waals surface area contributed by atoms with Crippen LogP contribution in [0.3, 0.4) is 0 Å². The molecule has 1 aromatic rings. The zero-order valence-corrected chi connectivity index (χ0v) is 20.2. The molecule has 0 aromatic heterocycles. The van der Waals surface area contributed by atoms with Gasteiger partial charge in [-0.1, -0.05) is 71.4 Å². The van der Waals surface area contributed by atoms with E-state index in [1.165, 1.54) is 0 Å². The first-order chi connectivity index (χ1) is 15.2. The lowest BCUT2D eigenvalue weighted by Gasteiger charge is -2.24. The lowest BCUT2D eigenvalue weighted by molar-refractivity contribution is -0.131. The molecule has 0 bridgehead atoms. The predicted octanol–water partition coefficient (Wildman–Crippen LogP) is 4.24. The van der Waals surface area contributed by atoms with Crippen LogP contribution in [0.1, 0.15) is 65.9 Å². The molecule has 0 unspecified atom stereocenters. The van der Waals surface area contributed by atoms with Crippen molar-refractivity contribution in [3.8, 4) is 0 Å². The molecule has 1 aromatic carbocycles. The Morgan fingerprint density at radius 2 is 1.53 bits per heavy atom. The summed E-state index contributed by atoms with van der Waals surface area (Å²) in [5, 5.41) is 5.50. The Balaban J connectivity index is 2.72. The van der Waals surface area contributed by atoms with E-state index in [0.29, 0.717) is 19.4 Å². The number of ketones is 1. The maximum absolute atomic E-state index is 13.0. The van der Waals surface area contributed by atoms with Crippen LogP contribution in [0.4, 0.5) is 4.79 Å². The highest BCUT2D eigenvalue weighted by Gasteiger charge is 2.28. The number of carbonyl (C=O) groups is 3. The van der Waals surface area contributed by atoms with Gasteiger partial charge >= 0.3 is 6.09 Å². The summed E-state index contributed by atoms with van der Waals surface area (Å²) < 4.78 is 10.7. The number of nitrogens with one attached hydrogen (secondary N) is 2. The van der Waals surface area contributed by atoms with Gasteiger partial charge < -0.3 is 20.1 Å². The molecule has 0 radical (unpaired) electrons. The first-order valence-electron chi connectivity index (χ1n) is 11.6. The van der Waals surface area contributed by atoms with Gasteiger partial charge in [-0.05, 0) is 36.7 Å². The van der Waals surface area contributed by atoms with Gasteiger partial charge in [-0.25, -0.2) is 4.79 Å². The fourth-order valence-electron chi connectivity index (χ4n) is 3.14. The highest BCUT2D eigenvalue weighted by Crippen LogP contribution is 2.10. The van der Waals surface area contributed by atoms with Crippen molar-refractivity contribution in [3.05, 3.63) is 35.9 Å². The van der Waals surface area contributed by atoms with E-state index in [9.17, 15) is 14.4 Å². The molecule has 0 aliphatic heterocycles. The first kappa shape index (κ1) is 27.6. The van der Waals surface area contributed by atoms with Gasteiger partial charge in [0.15, 0.2) is 5.78 Å². The van der Waals surface area contributed by atoms with E-state index < -0.39 is 18.2 Å². The largest absolute Gasteiger partial charge is 0.445 e. The van der Waals surface area contributed by atoms with Gasteiger partial charge in [-0.15, -0.1) is 0 Å². The van der Waals surface area contributed by atoms with Crippen LogP contribution in [0.25, 0.3) is 0 Å². The molecular weight excluding hydrogens is 408 g/mol. The third-order valence-corrected chi connectivity index (χ3v) is 4.83. The second kappa shape index (κ2) is 15.4. The standard InChI is InChI=1S/C25H40N2O5/c1-6-7-13-31-17-23(28)21(14-18(2)3)26-24(29)22(15-19(4)5)27-25(30)32-16-20-11-9-8-10-12-20/h8-12,18-19,21-22H,6-7,13-17H2,1-5H3,(H,26,29)(H,27,30)/t21-,22-/m0/s1. The van der Waals surface area contributed by atoms with Gasteiger partial charge in [0.25, 0.3) is 0 Å². The fraction of sp³-hybridized carbons (Fsp3) is 0.640. The Morgan fingerprint density at radius 3 is 2.12 bits per heavy atom. The first-order valence-corrected chi connectivity index (χ1v) is 11.6. The number of Topliss-reactive ketones (excluding diaryl/α,β-unsaturated/α-hetero) is 1. The number of benzene rings is 1. The topological polar surface area (TPSA) is 93.7 Å². The van der Waals surface area contributed by atoms with Crippen molar-refractivity contribution in [2.24, 2.45) is 11.8 Å². The normalized spacial score (nSPS) is 13.0. The van der Waals surface area contributed by atoms with Crippen LogP contribution in [-0.4, -0.2) is 43.1 Å². The number of hydrogen-bond donors (Lipinski definition) is 2. The van der Waals surface area contributed by atoms with Crippen molar-refractivity contribution in [1.82, 2.24) is 10.6 Å². The number of alkyl carbamates (subject to hydrolysis) is 1. The molecule has 0 fully saturated rings. The molecule has 0 heterocycles. The van der Waals surface area contributed by atoms with Crippen LogP contribution < -0.4 is 10.6 Å². The number of rotatable bonds is 15. The van der Waals surface area contributed by atoms with Crippen molar-refractivity contribution >= 4 is 17.8 Å². The molecule has 0 aliphatic rings. The smallest absolute Gasteiger partial charge is 0.408 e. The molecule has 1 rings (SSSR count). The van der Waals surface area contributed by atoms with Gasteiger partial charge in [0.2, 0.25) is 5.91 Å². The summed E-state index contributed by atoms with van der Waals surface area (Å²) in [6.07, 6.45) is 2.16. The Morgan fingerprint density at radius 1 is 0.906 bits per heavy atom. The van der Waals surface area contributed by atoms with Gasteiger partial charge in [-0.3, -0.25) is 9.59 Å². The van der Waals surface area contributed by atoms with Crippen LogP contribution in [0.5, 0.6) is 0 Å². The zero-order chi connectivity index (χ0) is 23.9. The van der Waals surface area contributed by atoms with Gasteiger partial charge in [0, 0.05) is 6.61 Å². The van der Waals surface area contributed by atoms with E-state index in [2.05, 4.69) is 17.6 Å². The summed E-state index contributed by atoms with van der Waals surface area (Å²) in [6.45, 7) is 10.6. The Labute approximate surface area is 192 Å². The van der Waals surface area contributed by atoms with E-state index >= 15 is 0 Å². The monoisotopic (exact) mass is 448 g/mol. The predicted molar refractivity (Wildman–Crippen MR) is 125 cm³/mol. The zero-order valence-electron chi connectivity index (χ0n) is 20.2. The second-order valence-corrected chi connectivity index (χ2v) is 8.95.